The number of hydrogen-bond acceptors (Lipinski definition) is 2. The lowest BCUT2D eigenvalue weighted by molar-refractivity contribution is -0.137. The molecule has 2 aromatic carbocycles. The normalized spacial score (nSPS) is 12.3. The Bertz CT molecular complexity index is 960. The summed E-state index contributed by atoms with van der Waals surface area (Å²) in [4.78, 5) is 11.0. The molecule has 0 bridgehead atoms. The predicted octanol–water partition coefficient (Wildman–Crippen LogP) is 5.74. The highest BCUT2D eigenvalue weighted by Gasteiger charge is 2.20. The number of ether oxygens (including phenoxy) is 1. The molecule has 142 valence electrons. The van der Waals surface area contributed by atoms with Crippen LogP contribution in [0.2, 0.25) is 0 Å². The van der Waals surface area contributed by atoms with Crippen LogP contribution < -0.4 is 4.74 Å². The van der Waals surface area contributed by atoms with Crippen molar-refractivity contribution >= 4 is 32.8 Å². The van der Waals surface area contributed by atoms with E-state index in [2.05, 4.69) is 70.7 Å². The Morgan fingerprint density at radius 1 is 1.22 bits per heavy atom. The van der Waals surface area contributed by atoms with Crippen molar-refractivity contribution in [3.05, 3.63) is 63.8 Å². The quantitative estimate of drug-likeness (QED) is 0.520. The summed E-state index contributed by atoms with van der Waals surface area (Å²) in [6.07, 6.45) is 0.786. The minimum Gasteiger partial charge on any atom is -0.497 e. The third-order valence-corrected chi connectivity index (χ3v) is 5.65. The number of carboxylic acids is 1. The van der Waals surface area contributed by atoms with Crippen molar-refractivity contribution in [2.75, 3.05) is 7.11 Å². The smallest absolute Gasteiger partial charge is 0.303 e. The number of methoxy groups -OCH3 is 1. The molecule has 0 spiro atoms. The van der Waals surface area contributed by atoms with Crippen LogP contribution in [0.4, 0.5) is 0 Å². The summed E-state index contributed by atoms with van der Waals surface area (Å²) in [6, 6.07) is 14.5. The van der Waals surface area contributed by atoms with Crippen LogP contribution in [0.1, 0.15) is 42.5 Å². The number of nitrogens with zero attached hydrogens (tertiary/aromatic N) is 1. The first-order valence-corrected chi connectivity index (χ1v) is 9.83. The summed E-state index contributed by atoms with van der Waals surface area (Å²) in [5.41, 5.74) is 4.76. The van der Waals surface area contributed by atoms with Gasteiger partial charge in [0, 0.05) is 34.0 Å². The average molecular weight is 430 g/mol. The number of carboxylic acid groups (broad SMARTS) is 1. The van der Waals surface area contributed by atoms with Gasteiger partial charge >= 0.3 is 5.97 Å². The van der Waals surface area contributed by atoms with Gasteiger partial charge in [-0.05, 0) is 60.7 Å². The van der Waals surface area contributed by atoms with E-state index < -0.39 is 5.97 Å². The summed E-state index contributed by atoms with van der Waals surface area (Å²) in [6.45, 7) is 5.00. The first-order valence-electron chi connectivity index (χ1n) is 9.03. The second-order valence-electron chi connectivity index (χ2n) is 6.93. The third kappa shape index (κ3) is 4.19. The van der Waals surface area contributed by atoms with E-state index in [1.165, 1.54) is 16.8 Å². The van der Waals surface area contributed by atoms with Gasteiger partial charge in [0.25, 0.3) is 0 Å². The first kappa shape index (κ1) is 19.5. The van der Waals surface area contributed by atoms with E-state index in [1.54, 1.807) is 7.11 Å². The molecule has 1 unspecified atom stereocenters. The van der Waals surface area contributed by atoms with Gasteiger partial charge in [-0.25, -0.2) is 0 Å². The summed E-state index contributed by atoms with van der Waals surface area (Å²) in [5.74, 6) is 0.215. The highest BCUT2D eigenvalue weighted by Crippen LogP contribution is 2.36. The minimum absolute atomic E-state index is 0.155. The Kier molecular flexibility index (Phi) is 5.90. The molecule has 5 heteroatoms. The van der Waals surface area contributed by atoms with Gasteiger partial charge in [0.2, 0.25) is 0 Å². The van der Waals surface area contributed by atoms with Crippen molar-refractivity contribution in [2.45, 2.75) is 39.2 Å². The molecule has 1 aromatic heterocycles. The molecule has 0 radical (unpaired) electrons. The molecule has 0 aliphatic heterocycles. The molecule has 0 amide bonds. The fraction of sp³-hybridized carbons (Fsp3) is 0.318. The highest BCUT2D eigenvalue weighted by atomic mass is 79.9. The SMILES string of the molecule is COc1ccc2c(c1)c(C(C)CCC(=O)O)c(C)n2Cc1ccc(Br)cc1. The number of benzene rings is 2. The Morgan fingerprint density at radius 2 is 1.93 bits per heavy atom. The first-order chi connectivity index (χ1) is 12.9. The van der Waals surface area contributed by atoms with Gasteiger partial charge in [-0.3, -0.25) is 4.79 Å². The Hall–Kier alpha value is -2.27. The predicted molar refractivity (Wildman–Crippen MR) is 112 cm³/mol. The molecule has 3 rings (SSSR count). The van der Waals surface area contributed by atoms with Crippen LogP contribution in [0, 0.1) is 6.92 Å². The number of aromatic nitrogens is 1. The summed E-state index contributed by atoms with van der Waals surface area (Å²) in [7, 11) is 1.67. The van der Waals surface area contributed by atoms with Gasteiger partial charge in [-0.2, -0.15) is 0 Å². The third-order valence-electron chi connectivity index (χ3n) is 5.12. The standard InChI is InChI=1S/C22H24BrNO3/c1-14(4-11-21(25)26)22-15(2)24(13-16-5-7-17(23)8-6-16)20-10-9-18(27-3)12-19(20)22/h5-10,12,14H,4,11,13H2,1-3H3,(H,25,26). The van der Waals surface area contributed by atoms with E-state index in [1.807, 2.05) is 6.07 Å². The Balaban J connectivity index is 2.08. The van der Waals surface area contributed by atoms with Crippen LogP contribution in [-0.2, 0) is 11.3 Å². The molecule has 0 saturated heterocycles. The van der Waals surface area contributed by atoms with Gasteiger partial charge in [-0.1, -0.05) is 35.0 Å². The molecule has 27 heavy (non-hydrogen) atoms. The molecule has 1 atom stereocenters. The van der Waals surface area contributed by atoms with Crippen molar-refractivity contribution in [3.63, 3.8) is 0 Å². The van der Waals surface area contributed by atoms with E-state index >= 15 is 0 Å². The van der Waals surface area contributed by atoms with Crippen LogP contribution in [0.15, 0.2) is 46.9 Å². The molecular weight excluding hydrogens is 406 g/mol. The maximum absolute atomic E-state index is 11.0. The van der Waals surface area contributed by atoms with Gasteiger partial charge in [0.15, 0.2) is 0 Å². The van der Waals surface area contributed by atoms with Crippen LogP contribution in [0.3, 0.4) is 0 Å². The van der Waals surface area contributed by atoms with Crippen molar-refractivity contribution < 1.29 is 14.6 Å². The minimum atomic E-state index is -0.754. The zero-order chi connectivity index (χ0) is 19.6. The van der Waals surface area contributed by atoms with Crippen molar-refractivity contribution in [1.29, 1.82) is 0 Å². The second-order valence-corrected chi connectivity index (χ2v) is 7.84. The summed E-state index contributed by atoms with van der Waals surface area (Å²) >= 11 is 3.48. The Morgan fingerprint density at radius 3 is 2.56 bits per heavy atom. The van der Waals surface area contributed by atoms with Gasteiger partial charge in [-0.15, -0.1) is 0 Å². The number of fused-ring (bicyclic) bond motifs is 1. The average Bonchev–Trinajstić information content (AvgIpc) is 2.92. The Labute approximate surface area is 167 Å². The van der Waals surface area contributed by atoms with Crippen molar-refractivity contribution in [1.82, 2.24) is 4.57 Å². The van der Waals surface area contributed by atoms with E-state index in [9.17, 15) is 4.79 Å². The fourth-order valence-corrected chi connectivity index (χ4v) is 3.96. The molecule has 1 heterocycles. The monoisotopic (exact) mass is 429 g/mol. The number of rotatable bonds is 7. The van der Waals surface area contributed by atoms with Crippen LogP contribution in [0.25, 0.3) is 10.9 Å². The van der Waals surface area contributed by atoms with E-state index in [0.29, 0.717) is 6.42 Å². The van der Waals surface area contributed by atoms with Crippen molar-refractivity contribution in [3.8, 4) is 5.75 Å². The number of carbonyl (C=O) groups is 1. The zero-order valence-corrected chi connectivity index (χ0v) is 17.4. The van der Waals surface area contributed by atoms with E-state index in [-0.39, 0.29) is 12.3 Å². The molecule has 3 aromatic rings. The van der Waals surface area contributed by atoms with Gasteiger partial charge in [0.05, 0.1) is 7.11 Å². The molecule has 0 fully saturated rings. The zero-order valence-electron chi connectivity index (χ0n) is 15.8. The lowest BCUT2D eigenvalue weighted by atomic mass is 9.93. The summed E-state index contributed by atoms with van der Waals surface area (Å²) < 4.78 is 8.80. The maximum atomic E-state index is 11.0. The molecular formula is C22H24BrNO3. The molecule has 0 aliphatic rings. The largest absolute Gasteiger partial charge is 0.497 e. The summed E-state index contributed by atoms with van der Waals surface area (Å²) in [5, 5.41) is 10.2. The molecule has 1 N–H and O–H groups in total. The molecule has 0 saturated carbocycles. The van der Waals surface area contributed by atoms with E-state index in [4.69, 9.17) is 9.84 Å². The number of halogens is 1. The lowest BCUT2D eigenvalue weighted by Gasteiger charge is -2.13. The highest BCUT2D eigenvalue weighted by molar-refractivity contribution is 9.10. The van der Waals surface area contributed by atoms with Crippen LogP contribution >= 0.6 is 15.9 Å². The number of hydrogen-bond donors (Lipinski definition) is 1. The fourth-order valence-electron chi connectivity index (χ4n) is 3.70. The van der Waals surface area contributed by atoms with Gasteiger partial charge in [0.1, 0.15) is 5.75 Å². The topological polar surface area (TPSA) is 51.5 Å². The second kappa shape index (κ2) is 8.17. The van der Waals surface area contributed by atoms with Crippen molar-refractivity contribution in [2.24, 2.45) is 0 Å². The van der Waals surface area contributed by atoms with E-state index in [0.717, 1.165) is 27.7 Å². The molecule has 0 aliphatic carbocycles. The molecule has 4 nitrogen and oxygen atoms in total. The van der Waals surface area contributed by atoms with Gasteiger partial charge < -0.3 is 14.4 Å². The van der Waals surface area contributed by atoms with Crippen LogP contribution in [0.5, 0.6) is 5.75 Å². The lowest BCUT2D eigenvalue weighted by Crippen LogP contribution is -2.04. The maximum Gasteiger partial charge on any atom is 0.303 e. The van der Waals surface area contributed by atoms with Crippen LogP contribution in [-0.4, -0.2) is 22.8 Å². The number of aliphatic carboxylic acids is 1.